The van der Waals surface area contributed by atoms with Gasteiger partial charge in [0.15, 0.2) is 0 Å². The summed E-state index contributed by atoms with van der Waals surface area (Å²) in [4.78, 5) is 28.9. The van der Waals surface area contributed by atoms with Gasteiger partial charge in [0.2, 0.25) is 11.8 Å². The van der Waals surface area contributed by atoms with Crippen molar-refractivity contribution in [2.24, 2.45) is 0 Å². The van der Waals surface area contributed by atoms with Gasteiger partial charge in [0.1, 0.15) is 6.04 Å². The largest absolute Gasteiger partial charge is 0.352 e. The Morgan fingerprint density at radius 2 is 1.41 bits per heavy atom. The molecule has 0 aliphatic rings. The van der Waals surface area contributed by atoms with Crippen LogP contribution in [-0.4, -0.2) is 28.8 Å². The summed E-state index contributed by atoms with van der Waals surface area (Å²) in [5.74, 6) is -0.108. The number of nitrogens with zero attached hydrogens (tertiary/aromatic N) is 1. The van der Waals surface area contributed by atoms with Crippen molar-refractivity contribution >= 4 is 11.8 Å². The number of aryl methyl sites for hydroxylation is 2. The maximum Gasteiger partial charge on any atom is 0.243 e. The minimum absolute atomic E-state index is 0.00957. The summed E-state index contributed by atoms with van der Waals surface area (Å²) in [7, 11) is 0. The Hall–Kier alpha value is -3.40. The number of amides is 2. The van der Waals surface area contributed by atoms with Gasteiger partial charge in [-0.25, -0.2) is 0 Å². The van der Waals surface area contributed by atoms with E-state index in [1.807, 2.05) is 106 Å². The summed E-state index contributed by atoms with van der Waals surface area (Å²) in [6.45, 7) is 6.49. The number of carbonyl (C=O) groups excluding carboxylic acids is 2. The van der Waals surface area contributed by atoms with Crippen LogP contribution in [0.3, 0.4) is 0 Å². The van der Waals surface area contributed by atoms with Crippen LogP contribution in [0.1, 0.15) is 48.9 Å². The number of nitrogens with one attached hydrogen (secondary N) is 1. The Bertz CT molecular complexity index is 1030. The maximum absolute atomic E-state index is 13.6. The van der Waals surface area contributed by atoms with E-state index in [4.69, 9.17) is 0 Å². The Morgan fingerprint density at radius 1 is 0.824 bits per heavy atom. The standard InChI is InChI=1S/C30H36N2O2/c1-4-24(3)31-30(34)28(21-26-13-9-6-10-14-26)32(22-27-17-15-23(2)16-18-27)29(33)20-19-25-11-7-5-8-12-25/h5-18,24,28H,4,19-22H2,1-3H3,(H,31,34)/t24-,28-/m0/s1. The highest BCUT2D eigenvalue weighted by Gasteiger charge is 2.30. The van der Waals surface area contributed by atoms with Crippen molar-refractivity contribution < 1.29 is 9.59 Å². The van der Waals surface area contributed by atoms with E-state index in [2.05, 4.69) is 5.32 Å². The summed E-state index contributed by atoms with van der Waals surface area (Å²) < 4.78 is 0. The summed E-state index contributed by atoms with van der Waals surface area (Å²) in [6.07, 6.45) is 2.32. The molecule has 3 aromatic rings. The van der Waals surface area contributed by atoms with E-state index >= 15 is 0 Å². The van der Waals surface area contributed by atoms with Crippen molar-refractivity contribution in [2.75, 3.05) is 0 Å². The predicted molar refractivity (Wildman–Crippen MR) is 138 cm³/mol. The van der Waals surface area contributed by atoms with Crippen LogP contribution in [0.25, 0.3) is 0 Å². The monoisotopic (exact) mass is 456 g/mol. The van der Waals surface area contributed by atoms with Crippen LogP contribution in [0.5, 0.6) is 0 Å². The number of rotatable bonds is 11. The topological polar surface area (TPSA) is 49.4 Å². The zero-order valence-electron chi connectivity index (χ0n) is 20.5. The third kappa shape index (κ3) is 7.58. The lowest BCUT2D eigenvalue weighted by Gasteiger charge is -2.32. The van der Waals surface area contributed by atoms with E-state index in [9.17, 15) is 9.59 Å². The molecule has 0 unspecified atom stereocenters. The number of carbonyl (C=O) groups is 2. The molecule has 4 heteroatoms. The molecule has 0 aromatic heterocycles. The molecule has 0 saturated carbocycles. The molecule has 3 aromatic carbocycles. The third-order valence-corrected chi connectivity index (χ3v) is 6.22. The van der Waals surface area contributed by atoms with E-state index in [0.717, 1.165) is 23.1 Å². The van der Waals surface area contributed by atoms with Gasteiger partial charge in [-0.3, -0.25) is 9.59 Å². The minimum Gasteiger partial charge on any atom is -0.352 e. The van der Waals surface area contributed by atoms with Crippen LogP contribution in [0.4, 0.5) is 0 Å². The highest BCUT2D eigenvalue weighted by molar-refractivity contribution is 5.88. The fourth-order valence-electron chi connectivity index (χ4n) is 3.92. The molecule has 0 radical (unpaired) electrons. The lowest BCUT2D eigenvalue weighted by atomic mass is 10.0. The number of hydrogen-bond acceptors (Lipinski definition) is 2. The average molecular weight is 457 g/mol. The summed E-state index contributed by atoms with van der Waals surface area (Å²) in [5, 5.41) is 3.12. The highest BCUT2D eigenvalue weighted by Crippen LogP contribution is 2.18. The second kappa shape index (κ2) is 12.7. The number of hydrogen-bond donors (Lipinski definition) is 1. The SMILES string of the molecule is CC[C@H](C)NC(=O)[C@H](Cc1ccccc1)N(Cc1ccc(C)cc1)C(=O)CCc1ccccc1. The molecule has 0 aliphatic heterocycles. The van der Waals surface area contributed by atoms with Crippen molar-refractivity contribution in [2.45, 2.75) is 65.1 Å². The lowest BCUT2D eigenvalue weighted by Crippen LogP contribution is -2.52. The molecule has 3 rings (SSSR count). The molecule has 4 nitrogen and oxygen atoms in total. The predicted octanol–water partition coefficient (Wildman–Crippen LogP) is 5.48. The zero-order chi connectivity index (χ0) is 24.3. The summed E-state index contributed by atoms with van der Waals surface area (Å²) >= 11 is 0. The van der Waals surface area contributed by atoms with Gasteiger partial charge in [0.25, 0.3) is 0 Å². The minimum atomic E-state index is -0.582. The first-order valence-electron chi connectivity index (χ1n) is 12.2. The first-order valence-corrected chi connectivity index (χ1v) is 12.2. The van der Waals surface area contributed by atoms with Gasteiger partial charge in [-0.2, -0.15) is 0 Å². The van der Waals surface area contributed by atoms with Crippen LogP contribution < -0.4 is 5.32 Å². The van der Waals surface area contributed by atoms with Gasteiger partial charge >= 0.3 is 0 Å². The molecule has 178 valence electrons. The second-order valence-corrected chi connectivity index (χ2v) is 9.02. The first-order chi connectivity index (χ1) is 16.5. The van der Waals surface area contributed by atoms with Crippen molar-refractivity contribution in [3.63, 3.8) is 0 Å². The van der Waals surface area contributed by atoms with E-state index in [0.29, 0.717) is 25.8 Å². The summed E-state index contributed by atoms with van der Waals surface area (Å²) in [5.41, 5.74) is 4.35. The van der Waals surface area contributed by atoms with Crippen LogP contribution >= 0.6 is 0 Å². The fourth-order valence-corrected chi connectivity index (χ4v) is 3.92. The fraction of sp³-hybridized carbons (Fsp3) is 0.333. The molecular weight excluding hydrogens is 420 g/mol. The van der Waals surface area contributed by atoms with Gasteiger partial charge in [-0.1, -0.05) is 97.4 Å². The Labute approximate surface area is 204 Å². The molecule has 0 spiro atoms. The van der Waals surface area contributed by atoms with Crippen LogP contribution in [0, 0.1) is 6.92 Å². The van der Waals surface area contributed by atoms with E-state index in [-0.39, 0.29) is 17.9 Å². The van der Waals surface area contributed by atoms with Crippen molar-refractivity contribution in [3.05, 3.63) is 107 Å². The highest BCUT2D eigenvalue weighted by atomic mass is 16.2. The molecule has 0 saturated heterocycles. The van der Waals surface area contributed by atoms with Gasteiger partial charge < -0.3 is 10.2 Å². The molecule has 0 heterocycles. The van der Waals surface area contributed by atoms with Crippen molar-refractivity contribution in [1.29, 1.82) is 0 Å². The van der Waals surface area contributed by atoms with Crippen molar-refractivity contribution in [3.8, 4) is 0 Å². The van der Waals surface area contributed by atoms with Gasteiger partial charge in [-0.05, 0) is 43.4 Å². The zero-order valence-corrected chi connectivity index (χ0v) is 20.5. The van der Waals surface area contributed by atoms with Crippen LogP contribution in [-0.2, 0) is 29.0 Å². The Kier molecular flexibility index (Phi) is 9.45. The van der Waals surface area contributed by atoms with E-state index in [1.54, 1.807) is 4.90 Å². The first kappa shape index (κ1) is 25.2. The molecule has 1 N–H and O–H groups in total. The third-order valence-electron chi connectivity index (χ3n) is 6.22. The smallest absolute Gasteiger partial charge is 0.243 e. The molecule has 2 atom stereocenters. The maximum atomic E-state index is 13.6. The van der Waals surface area contributed by atoms with Crippen LogP contribution in [0.2, 0.25) is 0 Å². The van der Waals surface area contributed by atoms with Gasteiger partial charge in [0, 0.05) is 25.4 Å². The molecule has 0 bridgehead atoms. The van der Waals surface area contributed by atoms with E-state index < -0.39 is 6.04 Å². The van der Waals surface area contributed by atoms with E-state index in [1.165, 1.54) is 5.56 Å². The molecule has 0 fully saturated rings. The molecular formula is C30H36N2O2. The summed E-state index contributed by atoms with van der Waals surface area (Å²) in [6, 6.07) is 27.6. The molecule has 0 aliphatic carbocycles. The molecule has 34 heavy (non-hydrogen) atoms. The Morgan fingerprint density at radius 3 is 2.00 bits per heavy atom. The van der Waals surface area contributed by atoms with Gasteiger partial charge in [-0.15, -0.1) is 0 Å². The Balaban J connectivity index is 1.90. The molecule has 2 amide bonds. The average Bonchev–Trinajstić information content (AvgIpc) is 2.87. The lowest BCUT2D eigenvalue weighted by molar-refractivity contribution is -0.141. The van der Waals surface area contributed by atoms with Crippen LogP contribution in [0.15, 0.2) is 84.9 Å². The quantitative estimate of drug-likeness (QED) is 0.415. The van der Waals surface area contributed by atoms with Crippen molar-refractivity contribution in [1.82, 2.24) is 10.2 Å². The second-order valence-electron chi connectivity index (χ2n) is 9.02. The normalized spacial score (nSPS) is 12.6. The number of benzene rings is 3. The van der Waals surface area contributed by atoms with Gasteiger partial charge in [0.05, 0.1) is 0 Å².